The number of hydrogen-bond donors (Lipinski definition) is 2. The van der Waals surface area contributed by atoms with Crippen molar-refractivity contribution in [2.45, 2.75) is 5.75 Å². The Morgan fingerprint density at radius 1 is 1.27 bits per heavy atom. The number of rotatable bonds is 2. The van der Waals surface area contributed by atoms with E-state index in [0.29, 0.717) is 16.6 Å². The molecule has 0 aliphatic rings. The van der Waals surface area contributed by atoms with Gasteiger partial charge in [-0.15, -0.1) is 0 Å². The van der Waals surface area contributed by atoms with Crippen LogP contribution in [0.25, 0.3) is 11.0 Å². The molecule has 2 N–H and O–H groups in total. The van der Waals surface area contributed by atoms with E-state index in [1.165, 1.54) is 0 Å². The molecule has 7 heteroatoms. The number of nitrogens with one attached hydrogen (secondary N) is 2. The van der Waals surface area contributed by atoms with E-state index in [2.05, 4.69) is 9.97 Å². The van der Waals surface area contributed by atoms with Crippen LogP contribution in [0.2, 0.25) is 0 Å². The van der Waals surface area contributed by atoms with Crippen LogP contribution >= 0.6 is 10.7 Å². The monoisotopic (exact) mass is 246 g/mol. The second kappa shape index (κ2) is 3.39. The van der Waals surface area contributed by atoms with Crippen molar-refractivity contribution in [1.82, 2.24) is 9.97 Å². The van der Waals surface area contributed by atoms with Crippen LogP contribution in [0, 0.1) is 0 Å². The molecule has 0 fully saturated rings. The molecule has 2 aromatic rings. The van der Waals surface area contributed by atoms with Gasteiger partial charge in [0.15, 0.2) is 0 Å². The van der Waals surface area contributed by atoms with Crippen molar-refractivity contribution in [1.29, 1.82) is 0 Å². The summed E-state index contributed by atoms with van der Waals surface area (Å²) in [6, 6.07) is 4.94. The molecule has 0 aliphatic heterocycles. The van der Waals surface area contributed by atoms with Gasteiger partial charge in [0, 0.05) is 10.7 Å². The molecule has 0 spiro atoms. The second-order valence-electron chi connectivity index (χ2n) is 3.10. The first-order valence-corrected chi connectivity index (χ1v) is 6.56. The first-order chi connectivity index (χ1) is 6.96. The van der Waals surface area contributed by atoms with E-state index in [9.17, 15) is 13.2 Å². The van der Waals surface area contributed by atoms with Gasteiger partial charge < -0.3 is 9.97 Å². The molecule has 0 bridgehead atoms. The minimum absolute atomic E-state index is 0.306. The molecular formula is C8H7ClN2O3S. The van der Waals surface area contributed by atoms with Gasteiger partial charge in [0.2, 0.25) is 9.05 Å². The van der Waals surface area contributed by atoms with E-state index < -0.39 is 9.05 Å². The molecule has 5 nitrogen and oxygen atoms in total. The molecule has 2 rings (SSSR count). The average Bonchev–Trinajstić information content (AvgIpc) is 2.43. The fraction of sp³-hybridized carbons (Fsp3) is 0.125. The fourth-order valence-corrected chi connectivity index (χ4v) is 2.39. The zero-order chi connectivity index (χ0) is 11.1. The Bertz CT molecular complexity index is 656. The Labute approximate surface area is 89.5 Å². The molecule has 0 amide bonds. The van der Waals surface area contributed by atoms with Crippen LogP contribution < -0.4 is 5.69 Å². The van der Waals surface area contributed by atoms with Crippen molar-refractivity contribution in [3.8, 4) is 0 Å². The van der Waals surface area contributed by atoms with Crippen molar-refractivity contribution >= 4 is 30.8 Å². The molecule has 0 unspecified atom stereocenters. The number of aromatic nitrogens is 2. The summed E-state index contributed by atoms with van der Waals surface area (Å²) in [5.74, 6) is -0.306. The fourth-order valence-electron chi connectivity index (χ4n) is 1.43. The third-order valence-corrected chi connectivity index (χ3v) is 2.95. The van der Waals surface area contributed by atoms with Gasteiger partial charge in [-0.25, -0.2) is 13.2 Å². The third-order valence-electron chi connectivity index (χ3n) is 1.97. The molecule has 0 aliphatic carbocycles. The number of aromatic amines is 2. The van der Waals surface area contributed by atoms with Crippen molar-refractivity contribution in [3.05, 3.63) is 34.2 Å². The predicted molar refractivity (Wildman–Crippen MR) is 57.4 cm³/mol. The Hall–Kier alpha value is -1.27. The highest BCUT2D eigenvalue weighted by Crippen LogP contribution is 2.17. The molecule has 0 saturated heterocycles. The second-order valence-corrected chi connectivity index (χ2v) is 5.88. The smallest absolute Gasteiger partial charge is 0.306 e. The Morgan fingerprint density at radius 2 is 2.00 bits per heavy atom. The third kappa shape index (κ3) is 2.21. The molecule has 1 aromatic carbocycles. The van der Waals surface area contributed by atoms with Crippen LogP contribution in [0.1, 0.15) is 5.56 Å². The van der Waals surface area contributed by atoms with Crippen LogP contribution in [0.4, 0.5) is 0 Å². The molecule has 1 aromatic heterocycles. The highest BCUT2D eigenvalue weighted by molar-refractivity contribution is 8.13. The highest BCUT2D eigenvalue weighted by Gasteiger charge is 2.11. The number of fused-ring (bicyclic) bond motifs is 1. The maximum absolute atomic E-state index is 11.0. The minimum Gasteiger partial charge on any atom is -0.306 e. The van der Waals surface area contributed by atoms with E-state index in [0.717, 1.165) is 0 Å². The van der Waals surface area contributed by atoms with Crippen molar-refractivity contribution in [3.63, 3.8) is 0 Å². The SMILES string of the molecule is O=c1[nH]c2cccc(CS(=O)(=O)Cl)c2[nH]1. The van der Waals surface area contributed by atoms with Crippen LogP contribution in [-0.4, -0.2) is 18.4 Å². The Balaban J connectivity index is 2.65. The summed E-state index contributed by atoms with van der Waals surface area (Å²) in [6.45, 7) is 0. The largest absolute Gasteiger partial charge is 0.323 e. The number of hydrogen-bond acceptors (Lipinski definition) is 3. The summed E-state index contributed by atoms with van der Waals surface area (Å²) in [4.78, 5) is 16.1. The normalized spacial score (nSPS) is 12.1. The summed E-state index contributed by atoms with van der Waals surface area (Å²) < 4.78 is 21.8. The average molecular weight is 247 g/mol. The number of imidazole rings is 1. The summed E-state index contributed by atoms with van der Waals surface area (Å²) in [5, 5.41) is 0. The lowest BCUT2D eigenvalue weighted by molar-refractivity contribution is 0.609. The van der Waals surface area contributed by atoms with E-state index in [1.807, 2.05) is 0 Å². The zero-order valence-electron chi connectivity index (χ0n) is 7.45. The molecule has 0 atom stereocenters. The molecule has 15 heavy (non-hydrogen) atoms. The minimum atomic E-state index is -3.62. The van der Waals surface area contributed by atoms with Gasteiger partial charge in [-0.3, -0.25) is 0 Å². The van der Waals surface area contributed by atoms with E-state index in [1.54, 1.807) is 18.2 Å². The number of halogens is 1. The highest BCUT2D eigenvalue weighted by atomic mass is 35.7. The molecule has 1 heterocycles. The summed E-state index contributed by atoms with van der Waals surface area (Å²) in [7, 11) is 1.52. The number of H-pyrrole nitrogens is 2. The molecular weight excluding hydrogens is 240 g/mol. The lowest BCUT2D eigenvalue weighted by atomic mass is 10.2. The quantitative estimate of drug-likeness (QED) is 0.773. The van der Waals surface area contributed by atoms with Gasteiger partial charge in [-0.2, -0.15) is 0 Å². The molecule has 0 radical (unpaired) electrons. The Morgan fingerprint density at radius 3 is 2.67 bits per heavy atom. The lowest BCUT2D eigenvalue weighted by Crippen LogP contribution is -2.00. The van der Waals surface area contributed by atoms with Gasteiger partial charge >= 0.3 is 5.69 Å². The van der Waals surface area contributed by atoms with Crippen molar-refractivity contribution in [2.24, 2.45) is 0 Å². The first-order valence-electron chi connectivity index (χ1n) is 4.08. The summed E-state index contributed by atoms with van der Waals surface area (Å²) >= 11 is 0. The Kier molecular flexibility index (Phi) is 2.32. The van der Waals surface area contributed by atoms with Gasteiger partial charge in [0.05, 0.1) is 16.8 Å². The van der Waals surface area contributed by atoms with Gasteiger partial charge in [0.1, 0.15) is 0 Å². The van der Waals surface area contributed by atoms with Crippen LogP contribution in [0.15, 0.2) is 23.0 Å². The lowest BCUT2D eigenvalue weighted by Gasteiger charge is -1.98. The van der Waals surface area contributed by atoms with Crippen molar-refractivity contribution < 1.29 is 8.42 Å². The number of benzene rings is 1. The van der Waals surface area contributed by atoms with E-state index in [-0.39, 0.29) is 11.4 Å². The van der Waals surface area contributed by atoms with Gasteiger partial charge in [-0.05, 0) is 11.6 Å². The van der Waals surface area contributed by atoms with Crippen molar-refractivity contribution in [2.75, 3.05) is 0 Å². The van der Waals surface area contributed by atoms with Crippen LogP contribution in [0.3, 0.4) is 0 Å². The van der Waals surface area contributed by atoms with Gasteiger partial charge in [-0.1, -0.05) is 12.1 Å². The first kappa shape index (κ1) is 10.3. The summed E-state index contributed by atoms with van der Waals surface area (Å²) in [5.41, 5.74) is 1.15. The van der Waals surface area contributed by atoms with Gasteiger partial charge in [0.25, 0.3) is 0 Å². The van der Waals surface area contributed by atoms with Crippen LogP contribution in [-0.2, 0) is 14.8 Å². The summed E-state index contributed by atoms with van der Waals surface area (Å²) in [6.07, 6.45) is 0. The zero-order valence-corrected chi connectivity index (χ0v) is 9.02. The van der Waals surface area contributed by atoms with E-state index >= 15 is 0 Å². The van der Waals surface area contributed by atoms with Crippen LogP contribution in [0.5, 0.6) is 0 Å². The standard InChI is InChI=1S/C8H7ClN2O3S/c9-15(13,14)4-5-2-1-3-6-7(5)11-8(12)10-6/h1-3H,4H2,(H2,10,11,12). The number of para-hydroxylation sites is 1. The maximum atomic E-state index is 11.0. The predicted octanol–water partition coefficient (Wildman–Crippen LogP) is 0.925. The molecule has 0 saturated carbocycles. The molecule has 80 valence electrons. The maximum Gasteiger partial charge on any atom is 0.323 e. The topological polar surface area (TPSA) is 82.8 Å². The van der Waals surface area contributed by atoms with E-state index in [4.69, 9.17) is 10.7 Å².